The lowest BCUT2D eigenvalue weighted by Crippen LogP contribution is -2.28. The summed E-state index contributed by atoms with van der Waals surface area (Å²) in [6.45, 7) is 4.40. The highest BCUT2D eigenvalue weighted by atomic mass is 32.1. The van der Waals surface area contributed by atoms with E-state index >= 15 is 0 Å². The van der Waals surface area contributed by atoms with Crippen LogP contribution in [0.5, 0.6) is 0 Å². The standard InChI is InChI=1S/C56H44N4O3S2/c1-3-4-5-8-13-37-20-24-40(25-21-37)56(39-22-18-36(2)19-23-39)48-33-43(60(41-14-9-6-10-15-41)42-16-11-7-12-17-42)26-28-45(48)54-49(56)34-51(64-54)47-30-29-46(52-53(47)59-65-58-52)50-31-27-44(63-50)32-38(35-57)55(61)62/h6-7,9-12,14-34H,3-5,8,13H2,1-2H3,(H,61,62)/b38-32+. The van der Waals surface area contributed by atoms with Gasteiger partial charge in [0.25, 0.3) is 0 Å². The first-order valence-corrected chi connectivity index (χ1v) is 23.5. The minimum absolute atomic E-state index is 0.267. The molecule has 9 heteroatoms. The topological polar surface area (TPSA) is 103 Å². The number of para-hydroxylation sites is 2. The third-order valence-electron chi connectivity index (χ3n) is 12.5. The normalized spacial score (nSPS) is 14.3. The van der Waals surface area contributed by atoms with E-state index in [-0.39, 0.29) is 5.76 Å². The van der Waals surface area contributed by atoms with E-state index < -0.39 is 17.0 Å². The van der Waals surface area contributed by atoms with Crippen LogP contribution in [0.4, 0.5) is 17.1 Å². The molecule has 1 atom stereocenters. The number of aryl methyl sites for hydroxylation is 2. The summed E-state index contributed by atoms with van der Waals surface area (Å²) in [5.41, 5.74) is 14.0. The number of thiophene rings is 1. The SMILES string of the molecule is CCCCCCc1ccc(C2(c3ccc(C)cc3)c3cc(N(c4ccccc4)c4ccccc4)ccc3-c3sc(-c4ccc(-c5ccc(/C=C(\C#N)C(=O)O)o5)c5nsnc45)cc32)cc1. The minimum atomic E-state index is -1.31. The van der Waals surface area contributed by atoms with Gasteiger partial charge in [-0.2, -0.15) is 14.0 Å². The Morgan fingerprint density at radius 3 is 2.03 bits per heavy atom. The van der Waals surface area contributed by atoms with E-state index in [1.54, 1.807) is 29.5 Å². The quantitative estimate of drug-likeness (QED) is 0.0659. The van der Waals surface area contributed by atoms with Gasteiger partial charge in [0.05, 0.1) is 17.1 Å². The third-order valence-corrected chi connectivity index (χ3v) is 14.2. The van der Waals surface area contributed by atoms with Gasteiger partial charge in [-0.3, -0.25) is 0 Å². The molecule has 318 valence electrons. The van der Waals surface area contributed by atoms with Crippen LogP contribution < -0.4 is 4.90 Å². The first-order chi connectivity index (χ1) is 31.9. The molecule has 0 radical (unpaired) electrons. The van der Waals surface area contributed by atoms with Gasteiger partial charge in [-0.25, -0.2) is 4.79 Å². The van der Waals surface area contributed by atoms with Crippen LogP contribution >= 0.6 is 23.1 Å². The van der Waals surface area contributed by atoms with Crippen LogP contribution in [-0.4, -0.2) is 19.8 Å². The maximum atomic E-state index is 11.5. The molecule has 1 aliphatic carbocycles. The van der Waals surface area contributed by atoms with Crippen LogP contribution in [-0.2, 0) is 16.6 Å². The molecule has 0 fully saturated rings. The second kappa shape index (κ2) is 17.6. The van der Waals surface area contributed by atoms with Crippen LogP contribution in [0.2, 0.25) is 0 Å². The Balaban J connectivity index is 1.17. The zero-order valence-corrected chi connectivity index (χ0v) is 37.6. The van der Waals surface area contributed by atoms with Crippen molar-refractivity contribution in [1.82, 2.24) is 8.75 Å². The van der Waals surface area contributed by atoms with E-state index in [1.807, 2.05) is 6.07 Å². The number of carboxylic acid groups (broad SMARTS) is 1. The van der Waals surface area contributed by atoms with E-state index in [2.05, 4.69) is 158 Å². The lowest BCUT2D eigenvalue weighted by molar-refractivity contribution is -0.132. The number of hydrogen-bond acceptors (Lipinski definition) is 8. The highest BCUT2D eigenvalue weighted by Gasteiger charge is 2.48. The number of rotatable bonds is 14. The number of fused-ring (bicyclic) bond motifs is 4. The summed E-state index contributed by atoms with van der Waals surface area (Å²) in [6.07, 6.45) is 7.18. The fourth-order valence-electron chi connectivity index (χ4n) is 9.32. The Labute approximate surface area is 386 Å². The van der Waals surface area contributed by atoms with Crippen molar-refractivity contribution in [3.05, 3.63) is 202 Å². The van der Waals surface area contributed by atoms with Crippen molar-refractivity contribution in [1.29, 1.82) is 5.26 Å². The second-order valence-corrected chi connectivity index (χ2v) is 18.1. The summed E-state index contributed by atoms with van der Waals surface area (Å²) < 4.78 is 15.7. The number of nitrogens with zero attached hydrogens (tertiary/aromatic N) is 4. The zero-order valence-electron chi connectivity index (χ0n) is 36.0. The molecule has 1 aliphatic rings. The molecule has 0 bridgehead atoms. The molecule has 9 aromatic rings. The van der Waals surface area contributed by atoms with Crippen molar-refractivity contribution < 1.29 is 14.3 Å². The molecule has 3 aromatic heterocycles. The van der Waals surface area contributed by atoms with Gasteiger partial charge in [-0.05, 0) is 114 Å². The fourth-order valence-corrected chi connectivity index (χ4v) is 11.2. The van der Waals surface area contributed by atoms with E-state index in [0.717, 1.165) is 56.7 Å². The van der Waals surface area contributed by atoms with Crippen molar-refractivity contribution in [2.24, 2.45) is 0 Å². The molecule has 65 heavy (non-hydrogen) atoms. The van der Waals surface area contributed by atoms with Gasteiger partial charge in [0, 0.05) is 44.0 Å². The van der Waals surface area contributed by atoms with E-state index in [4.69, 9.17) is 13.2 Å². The largest absolute Gasteiger partial charge is 0.477 e. The van der Waals surface area contributed by atoms with Crippen LogP contribution in [0.1, 0.15) is 71.7 Å². The summed E-state index contributed by atoms with van der Waals surface area (Å²) in [5.74, 6) is -0.535. The van der Waals surface area contributed by atoms with Crippen LogP contribution in [0.25, 0.3) is 49.3 Å². The lowest BCUT2D eigenvalue weighted by Gasteiger charge is -2.35. The first-order valence-electron chi connectivity index (χ1n) is 21.9. The van der Waals surface area contributed by atoms with Gasteiger partial charge in [0.15, 0.2) is 0 Å². The number of carbonyl (C=O) groups is 1. The second-order valence-electron chi connectivity index (χ2n) is 16.5. The Kier molecular flexibility index (Phi) is 11.3. The van der Waals surface area contributed by atoms with E-state index in [0.29, 0.717) is 11.3 Å². The number of furan rings is 1. The molecule has 0 saturated heterocycles. The van der Waals surface area contributed by atoms with E-state index in [1.165, 1.54) is 75.6 Å². The van der Waals surface area contributed by atoms with Gasteiger partial charge in [-0.1, -0.05) is 129 Å². The smallest absolute Gasteiger partial charge is 0.346 e. The molecular weight excluding hydrogens is 841 g/mol. The Morgan fingerprint density at radius 2 is 1.37 bits per heavy atom. The molecule has 10 rings (SSSR count). The Hall–Kier alpha value is -7.38. The molecule has 0 aliphatic heterocycles. The van der Waals surface area contributed by atoms with Crippen molar-refractivity contribution in [2.45, 2.75) is 51.4 Å². The number of aromatic nitrogens is 2. The Morgan fingerprint density at radius 1 is 0.723 bits per heavy atom. The van der Waals surface area contributed by atoms with Gasteiger partial charge in [0.1, 0.15) is 34.2 Å². The number of carboxylic acids is 1. The molecule has 0 spiro atoms. The van der Waals surface area contributed by atoms with Gasteiger partial charge in [0.2, 0.25) is 0 Å². The predicted molar refractivity (Wildman–Crippen MR) is 264 cm³/mol. The van der Waals surface area contributed by atoms with Crippen LogP contribution in [0.3, 0.4) is 0 Å². The van der Waals surface area contributed by atoms with Crippen molar-refractivity contribution in [3.63, 3.8) is 0 Å². The third kappa shape index (κ3) is 7.55. The predicted octanol–water partition coefficient (Wildman–Crippen LogP) is 14.9. The number of anilines is 3. The molecule has 1 unspecified atom stereocenters. The number of aliphatic carboxylic acids is 1. The highest BCUT2D eigenvalue weighted by Crippen LogP contribution is 2.61. The molecule has 0 saturated carbocycles. The van der Waals surface area contributed by atoms with Gasteiger partial charge in [-0.15, -0.1) is 11.3 Å². The van der Waals surface area contributed by atoms with Crippen LogP contribution in [0.15, 0.2) is 168 Å². The zero-order chi connectivity index (χ0) is 44.5. The monoisotopic (exact) mass is 884 g/mol. The summed E-state index contributed by atoms with van der Waals surface area (Å²) in [7, 11) is 0. The van der Waals surface area contributed by atoms with Gasteiger partial charge < -0.3 is 14.4 Å². The fraction of sp³-hybridized carbons (Fsp3) is 0.143. The molecule has 3 heterocycles. The molecule has 7 nitrogen and oxygen atoms in total. The summed E-state index contributed by atoms with van der Waals surface area (Å²) in [4.78, 5) is 16.2. The number of hydrogen-bond donors (Lipinski definition) is 1. The maximum absolute atomic E-state index is 11.5. The highest BCUT2D eigenvalue weighted by molar-refractivity contribution is 7.19. The first kappa shape index (κ1) is 41.6. The van der Waals surface area contributed by atoms with Crippen LogP contribution in [0, 0.1) is 18.3 Å². The van der Waals surface area contributed by atoms with Crippen molar-refractivity contribution >= 4 is 63.2 Å². The molecule has 0 amide bonds. The number of benzene rings is 6. The van der Waals surface area contributed by atoms with Crippen molar-refractivity contribution in [2.75, 3.05) is 4.90 Å². The van der Waals surface area contributed by atoms with Gasteiger partial charge >= 0.3 is 5.97 Å². The van der Waals surface area contributed by atoms with Crippen molar-refractivity contribution in [3.8, 4) is 38.3 Å². The minimum Gasteiger partial charge on any atom is -0.477 e. The molecule has 6 aromatic carbocycles. The number of nitriles is 1. The average Bonchev–Trinajstić information content (AvgIpc) is 4.16. The molecular formula is C56H44N4O3S2. The average molecular weight is 885 g/mol. The lowest BCUT2D eigenvalue weighted by atomic mass is 9.67. The van der Waals surface area contributed by atoms with E-state index in [9.17, 15) is 15.2 Å². The summed E-state index contributed by atoms with van der Waals surface area (Å²) >= 11 is 2.93. The molecule has 1 N–H and O–H groups in total. The summed E-state index contributed by atoms with van der Waals surface area (Å²) in [5, 5.41) is 18.7. The maximum Gasteiger partial charge on any atom is 0.346 e. The summed E-state index contributed by atoms with van der Waals surface area (Å²) in [6, 6.07) is 58.2. The Bertz CT molecular complexity index is 3210. The number of unbranched alkanes of at least 4 members (excludes halogenated alkanes) is 3.